The van der Waals surface area contributed by atoms with E-state index in [-0.39, 0.29) is 5.91 Å². The van der Waals surface area contributed by atoms with Crippen molar-refractivity contribution in [3.8, 4) is 11.4 Å². The largest absolute Gasteiger partial charge is 0.497 e. The predicted octanol–water partition coefficient (Wildman–Crippen LogP) is 3.19. The Morgan fingerprint density at radius 3 is 2.41 bits per heavy atom. The van der Waals surface area contributed by atoms with Gasteiger partial charge in [0.1, 0.15) is 5.75 Å². The molecule has 2 aromatic carbocycles. The molecule has 0 fully saturated rings. The molecule has 0 unspecified atom stereocenters. The standard InChI is InChI=1S/C22H22N4O3/c1-3-20-19(22(23)28)14-24-26(20)17-9-7-16(8-10-17)25-21(27)13-6-15-4-11-18(29-2)12-5-15/h4-14H,3H2,1-2H3,(H2,23,28)(H,25,27)/b13-6+. The lowest BCUT2D eigenvalue weighted by Crippen LogP contribution is -2.13. The van der Waals surface area contributed by atoms with Crippen LogP contribution in [0.1, 0.15) is 28.5 Å². The zero-order valence-corrected chi connectivity index (χ0v) is 16.3. The molecule has 0 aliphatic rings. The van der Waals surface area contributed by atoms with Crippen molar-refractivity contribution >= 4 is 23.6 Å². The van der Waals surface area contributed by atoms with Crippen molar-refractivity contribution in [2.24, 2.45) is 5.73 Å². The monoisotopic (exact) mass is 390 g/mol. The van der Waals surface area contributed by atoms with E-state index in [1.54, 1.807) is 30.0 Å². The molecule has 29 heavy (non-hydrogen) atoms. The first kappa shape index (κ1) is 19.9. The minimum absolute atomic E-state index is 0.238. The predicted molar refractivity (Wildman–Crippen MR) is 112 cm³/mol. The first-order chi connectivity index (χ1) is 14.0. The normalized spacial score (nSPS) is 10.8. The average Bonchev–Trinajstić information content (AvgIpc) is 3.17. The van der Waals surface area contributed by atoms with Gasteiger partial charge in [-0.25, -0.2) is 4.68 Å². The summed E-state index contributed by atoms with van der Waals surface area (Å²) in [4.78, 5) is 23.7. The number of carbonyl (C=O) groups excluding carboxylic acids is 2. The molecule has 3 aromatic rings. The zero-order chi connectivity index (χ0) is 20.8. The molecule has 3 rings (SSSR count). The van der Waals surface area contributed by atoms with E-state index in [4.69, 9.17) is 10.5 Å². The number of amides is 2. The molecule has 7 nitrogen and oxygen atoms in total. The fraction of sp³-hybridized carbons (Fsp3) is 0.136. The number of primary amides is 1. The van der Waals surface area contributed by atoms with Crippen molar-refractivity contribution in [2.75, 3.05) is 12.4 Å². The van der Waals surface area contributed by atoms with Crippen LogP contribution in [0.25, 0.3) is 11.8 Å². The Hall–Kier alpha value is -3.87. The number of anilines is 1. The number of ether oxygens (including phenoxy) is 1. The molecular formula is C22H22N4O3. The maximum Gasteiger partial charge on any atom is 0.252 e. The molecule has 0 spiro atoms. The number of benzene rings is 2. The van der Waals surface area contributed by atoms with Crippen molar-refractivity contribution in [3.63, 3.8) is 0 Å². The lowest BCUT2D eigenvalue weighted by molar-refractivity contribution is -0.111. The van der Waals surface area contributed by atoms with Crippen LogP contribution in [-0.2, 0) is 11.2 Å². The highest BCUT2D eigenvalue weighted by molar-refractivity contribution is 6.02. The van der Waals surface area contributed by atoms with Gasteiger partial charge in [0.2, 0.25) is 5.91 Å². The van der Waals surface area contributed by atoms with Crippen LogP contribution >= 0.6 is 0 Å². The fourth-order valence-electron chi connectivity index (χ4n) is 2.90. The Kier molecular flexibility index (Phi) is 6.09. The first-order valence-corrected chi connectivity index (χ1v) is 9.12. The highest BCUT2D eigenvalue weighted by Crippen LogP contribution is 2.18. The minimum Gasteiger partial charge on any atom is -0.497 e. The van der Waals surface area contributed by atoms with E-state index in [1.807, 2.05) is 43.3 Å². The second-order valence-corrected chi connectivity index (χ2v) is 6.28. The van der Waals surface area contributed by atoms with Gasteiger partial charge in [0.05, 0.1) is 30.3 Å². The molecule has 0 atom stereocenters. The molecular weight excluding hydrogens is 368 g/mol. The Morgan fingerprint density at radius 2 is 1.83 bits per heavy atom. The summed E-state index contributed by atoms with van der Waals surface area (Å²) in [5.41, 5.74) is 8.88. The van der Waals surface area contributed by atoms with Gasteiger partial charge in [-0.05, 0) is 54.5 Å². The molecule has 1 aromatic heterocycles. The number of methoxy groups -OCH3 is 1. The summed E-state index contributed by atoms with van der Waals surface area (Å²) in [5.74, 6) is 0.0246. The van der Waals surface area contributed by atoms with E-state index in [9.17, 15) is 9.59 Å². The second kappa shape index (κ2) is 8.88. The van der Waals surface area contributed by atoms with Gasteiger partial charge in [-0.1, -0.05) is 19.1 Å². The quantitative estimate of drug-likeness (QED) is 0.605. The molecule has 0 aliphatic heterocycles. The van der Waals surface area contributed by atoms with Gasteiger partial charge < -0.3 is 15.8 Å². The van der Waals surface area contributed by atoms with Crippen molar-refractivity contribution in [1.29, 1.82) is 0 Å². The summed E-state index contributed by atoms with van der Waals surface area (Å²) in [6, 6.07) is 14.6. The van der Waals surface area contributed by atoms with Crippen molar-refractivity contribution in [3.05, 3.63) is 77.6 Å². The number of carbonyl (C=O) groups is 2. The summed E-state index contributed by atoms with van der Waals surface area (Å²) >= 11 is 0. The van der Waals surface area contributed by atoms with Crippen LogP contribution < -0.4 is 15.8 Å². The van der Waals surface area contributed by atoms with Gasteiger partial charge in [0, 0.05) is 11.8 Å². The van der Waals surface area contributed by atoms with E-state index < -0.39 is 5.91 Å². The van der Waals surface area contributed by atoms with Crippen LogP contribution in [0.5, 0.6) is 5.75 Å². The van der Waals surface area contributed by atoms with E-state index >= 15 is 0 Å². The molecule has 2 amide bonds. The first-order valence-electron chi connectivity index (χ1n) is 9.12. The Bertz CT molecular complexity index is 1030. The van der Waals surface area contributed by atoms with Crippen molar-refractivity contribution < 1.29 is 14.3 Å². The number of hydrogen-bond donors (Lipinski definition) is 2. The number of rotatable bonds is 7. The maximum atomic E-state index is 12.2. The van der Waals surface area contributed by atoms with Gasteiger partial charge in [-0.15, -0.1) is 0 Å². The Morgan fingerprint density at radius 1 is 1.14 bits per heavy atom. The van der Waals surface area contributed by atoms with Crippen LogP contribution in [0.2, 0.25) is 0 Å². The van der Waals surface area contributed by atoms with Gasteiger partial charge in [0.15, 0.2) is 0 Å². The van der Waals surface area contributed by atoms with Crippen LogP contribution in [0.4, 0.5) is 5.69 Å². The smallest absolute Gasteiger partial charge is 0.252 e. The highest BCUT2D eigenvalue weighted by Gasteiger charge is 2.14. The number of aromatic nitrogens is 2. The average molecular weight is 390 g/mol. The molecule has 0 radical (unpaired) electrons. The SMILES string of the molecule is CCc1c(C(N)=O)cnn1-c1ccc(NC(=O)/C=C/c2ccc(OC)cc2)cc1. The molecule has 148 valence electrons. The third-order valence-electron chi connectivity index (χ3n) is 4.39. The maximum absolute atomic E-state index is 12.2. The molecule has 0 saturated heterocycles. The third kappa shape index (κ3) is 4.70. The van der Waals surface area contributed by atoms with Crippen molar-refractivity contribution in [2.45, 2.75) is 13.3 Å². The van der Waals surface area contributed by atoms with Crippen LogP contribution in [0.15, 0.2) is 60.8 Å². The molecule has 0 saturated carbocycles. The molecule has 0 aliphatic carbocycles. The number of nitrogens with two attached hydrogens (primary N) is 1. The second-order valence-electron chi connectivity index (χ2n) is 6.28. The molecule has 1 heterocycles. The number of nitrogens with zero attached hydrogens (tertiary/aromatic N) is 2. The van der Waals surface area contributed by atoms with Crippen LogP contribution in [0.3, 0.4) is 0 Å². The van der Waals surface area contributed by atoms with Gasteiger partial charge in [-0.3, -0.25) is 9.59 Å². The molecule has 0 bridgehead atoms. The number of nitrogens with one attached hydrogen (secondary N) is 1. The fourth-order valence-corrected chi connectivity index (χ4v) is 2.90. The van der Waals surface area contributed by atoms with E-state index in [1.165, 1.54) is 12.3 Å². The summed E-state index contributed by atoms with van der Waals surface area (Å²) < 4.78 is 6.79. The van der Waals surface area contributed by atoms with Gasteiger partial charge >= 0.3 is 0 Å². The topological polar surface area (TPSA) is 99.2 Å². The molecule has 7 heteroatoms. The lowest BCUT2D eigenvalue weighted by atomic mass is 10.2. The zero-order valence-electron chi connectivity index (χ0n) is 16.3. The van der Waals surface area contributed by atoms with Crippen LogP contribution in [0, 0.1) is 0 Å². The third-order valence-corrected chi connectivity index (χ3v) is 4.39. The summed E-state index contributed by atoms with van der Waals surface area (Å²) in [5, 5.41) is 7.06. The minimum atomic E-state index is -0.499. The lowest BCUT2D eigenvalue weighted by Gasteiger charge is -2.08. The highest BCUT2D eigenvalue weighted by atomic mass is 16.5. The molecule has 3 N–H and O–H groups in total. The summed E-state index contributed by atoms with van der Waals surface area (Å²) in [6.07, 6.45) is 5.29. The van der Waals surface area contributed by atoms with Gasteiger partial charge in [-0.2, -0.15) is 5.10 Å². The van der Waals surface area contributed by atoms with Crippen molar-refractivity contribution in [1.82, 2.24) is 9.78 Å². The Labute approximate surface area is 168 Å². The summed E-state index contributed by atoms with van der Waals surface area (Å²) in [7, 11) is 1.61. The van der Waals surface area contributed by atoms with E-state index in [0.717, 1.165) is 22.7 Å². The van der Waals surface area contributed by atoms with Crippen LogP contribution in [-0.4, -0.2) is 28.7 Å². The van der Waals surface area contributed by atoms with Gasteiger partial charge in [0.25, 0.3) is 5.91 Å². The van der Waals surface area contributed by atoms with E-state index in [0.29, 0.717) is 17.7 Å². The summed E-state index contributed by atoms with van der Waals surface area (Å²) in [6.45, 7) is 1.93. The van der Waals surface area contributed by atoms with E-state index in [2.05, 4.69) is 10.4 Å². The Balaban J connectivity index is 1.68. The number of hydrogen-bond acceptors (Lipinski definition) is 4.